The zero-order valence-corrected chi connectivity index (χ0v) is 6.42. The van der Waals surface area contributed by atoms with Crippen molar-refractivity contribution in [2.75, 3.05) is 0 Å². The molecule has 0 saturated heterocycles. The second kappa shape index (κ2) is 4.96. The molecular formula is C9H8N2O. The summed E-state index contributed by atoms with van der Waals surface area (Å²) in [6, 6.07) is 5.54. The van der Waals surface area contributed by atoms with E-state index in [0.29, 0.717) is 6.29 Å². The van der Waals surface area contributed by atoms with Crippen molar-refractivity contribution >= 4 is 12.5 Å². The summed E-state index contributed by atoms with van der Waals surface area (Å²) in [6.07, 6.45) is 6.68. The van der Waals surface area contributed by atoms with E-state index in [9.17, 15) is 4.79 Å². The van der Waals surface area contributed by atoms with Gasteiger partial charge in [0.25, 0.3) is 0 Å². The lowest BCUT2D eigenvalue weighted by Gasteiger charge is -1.86. The molecule has 60 valence electrons. The molecule has 0 fully saturated rings. The monoisotopic (exact) mass is 160 g/mol. The number of aromatic nitrogens is 1. The third-order valence-corrected chi connectivity index (χ3v) is 1.15. The Morgan fingerprint density at radius 3 is 3.00 bits per heavy atom. The minimum absolute atomic E-state index is 0.676. The minimum Gasteiger partial charge on any atom is -0.299 e. The smallest absolute Gasteiger partial charge is 0.144 e. The molecule has 1 aromatic heterocycles. The molecule has 0 amide bonds. The van der Waals surface area contributed by atoms with Gasteiger partial charge >= 0.3 is 0 Å². The molecule has 1 rings (SSSR count). The number of pyridine rings is 1. The first kappa shape index (κ1) is 8.33. The molecule has 3 nitrogen and oxygen atoms in total. The number of allylic oxidation sites excluding steroid dienone is 1. The Labute approximate surface area is 70.5 Å². The first-order chi connectivity index (χ1) is 5.93. The van der Waals surface area contributed by atoms with E-state index in [1.165, 1.54) is 12.3 Å². The van der Waals surface area contributed by atoms with Crippen LogP contribution in [-0.2, 0) is 4.79 Å². The normalized spacial score (nSPS) is 11.0. The lowest BCUT2D eigenvalue weighted by molar-refractivity contribution is -0.104. The van der Waals surface area contributed by atoms with Gasteiger partial charge in [0.1, 0.15) is 6.29 Å². The predicted octanol–water partition coefficient (Wildman–Crippen LogP) is 1.21. The zero-order valence-electron chi connectivity index (χ0n) is 6.42. The number of nitrogens with zero attached hydrogens (tertiary/aromatic N) is 2. The number of hydrogen-bond donors (Lipinski definition) is 0. The molecule has 0 unspecified atom stereocenters. The molecule has 0 bridgehead atoms. The highest BCUT2D eigenvalue weighted by Crippen LogP contribution is 1.88. The number of carbonyl (C=O) groups excluding carboxylic acids is 1. The van der Waals surface area contributed by atoms with Gasteiger partial charge in [0.2, 0.25) is 0 Å². The van der Waals surface area contributed by atoms with E-state index in [0.717, 1.165) is 5.69 Å². The van der Waals surface area contributed by atoms with Gasteiger partial charge in [0.05, 0.1) is 11.9 Å². The van der Waals surface area contributed by atoms with Crippen LogP contribution in [0.4, 0.5) is 0 Å². The van der Waals surface area contributed by atoms with Gasteiger partial charge in [-0.2, -0.15) is 0 Å². The Morgan fingerprint density at radius 1 is 1.42 bits per heavy atom. The summed E-state index contributed by atoms with van der Waals surface area (Å²) >= 11 is 0. The standard InChI is InChI=1S/C9H8N2O/c12-7-3-5-10-8-9-4-1-2-6-11-9/h1-8H/b5-3-,10-8?. The summed E-state index contributed by atoms with van der Waals surface area (Å²) < 4.78 is 0. The predicted molar refractivity (Wildman–Crippen MR) is 47.0 cm³/mol. The zero-order chi connectivity index (χ0) is 8.65. The van der Waals surface area contributed by atoms with Gasteiger partial charge in [0, 0.05) is 12.4 Å². The minimum atomic E-state index is 0.676. The Balaban J connectivity index is 2.58. The first-order valence-corrected chi connectivity index (χ1v) is 3.48. The molecule has 0 saturated carbocycles. The number of aliphatic imine (C=N–C) groups is 1. The van der Waals surface area contributed by atoms with Crippen molar-refractivity contribution in [1.82, 2.24) is 4.98 Å². The number of hydrogen-bond acceptors (Lipinski definition) is 3. The molecule has 0 N–H and O–H groups in total. The average Bonchev–Trinajstić information content (AvgIpc) is 2.14. The van der Waals surface area contributed by atoms with Crippen molar-refractivity contribution < 1.29 is 4.79 Å². The fraction of sp³-hybridized carbons (Fsp3) is 0. The summed E-state index contributed by atoms with van der Waals surface area (Å²) in [6.45, 7) is 0. The van der Waals surface area contributed by atoms with Crippen LogP contribution < -0.4 is 0 Å². The molecule has 1 aromatic rings. The molecular weight excluding hydrogens is 152 g/mol. The summed E-state index contributed by atoms with van der Waals surface area (Å²) in [5.74, 6) is 0. The SMILES string of the molecule is O=C/C=C\N=Cc1ccccn1. The molecule has 0 atom stereocenters. The fourth-order valence-electron chi connectivity index (χ4n) is 0.657. The van der Waals surface area contributed by atoms with Crippen molar-refractivity contribution in [3.05, 3.63) is 42.4 Å². The lowest BCUT2D eigenvalue weighted by Crippen LogP contribution is -1.83. The van der Waals surface area contributed by atoms with Gasteiger partial charge in [-0.05, 0) is 18.2 Å². The van der Waals surface area contributed by atoms with E-state index in [1.54, 1.807) is 12.4 Å². The van der Waals surface area contributed by atoms with E-state index in [4.69, 9.17) is 0 Å². The average molecular weight is 160 g/mol. The third-order valence-electron chi connectivity index (χ3n) is 1.15. The molecule has 0 radical (unpaired) electrons. The quantitative estimate of drug-likeness (QED) is 0.379. The highest BCUT2D eigenvalue weighted by Gasteiger charge is 1.81. The van der Waals surface area contributed by atoms with Crippen LogP contribution in [0.2, 0.25) is 0 Å². The summed E-state index contributed by atoms with van der Waals surface area (Å²) in [7, 11) is 0. The van der Waals surface area contributed by atoms with Gasteiger partial charge < -0.3 is 0 Å². The maximum atomic E-state index is 9.84. The molecule has 1 heterocycles. The number of carbonyl (C=O) groups is 1. The molecule has 0 aliphatic carbocycles. The number of aldehydes is 1. The maximum Gasteiger partial charge on any atom is 0.144 e. The van der Waals surface area contributed by atoms with Gasteiger partial charge in [-0.25, -0.2) is 0 Å². The molecule has 0 spiro atoms. The topological polar surface area (TPSA) is 42.3 Å². The Bertz CT molecular complexity index is 291. The highest BCUT2D eigenvalue weighted by molar-refractivity contribution is 5.77. The number of rotatable bonds is 3. The van der Waals surface area contributed by atoms with Gasteiger partial charge in [-0.1, -0.05) is 6.07 Å². The van der Waals surface area contributed by atoms with Crippen LogP contribution in [0.25, 0.3) is 0 Å². The lowest BCUT2D eigenvalue weighted by atomic mass is 10.4. The van der Waals surface area contributed by atoms with Crippen molar-refractivity contribution in [2.24, 2.45) is 4.99 Å². The van der Waals surface area contributed by atoms with Crippen LogP contribution in [0.15, 0.2) is 41.7 Å². The van der Waals surface area contributed by atoms with E-state index >= 15 is 0 Å². The third kappa shape index (κ3) is 2.88. The Hall–Kier alpha value is -1.77. The second-order valence-corrected chi connectivity index (χ2v) is 2.01. The second-order valence-electron chi connectivity index (χ2n) is 2.01. The van der Waals surface area contributed by atoms with Crippen LogP contribution in [0.1, 0.15) is 5.69 Å². The summed E-state index contributed by atoms with van der Waals surface area (Å²) in [5, 5.41) is 0. The summed E-state index contributed by atoms with van der Waals surface area (Å²) in [4.78, 5) is 17.7. The first-order valence-electron chi connectivity index (χ1n) is 3.48. The van der Waals surface area contributed by atoms with E-state index < -0.39 is 0 Å². The van der Waals surface area contributed by atoms with Gasteiger partial charge in [-0.3, -0.25) is 14.8 Å². The van der Waals surface area contributed by atoms with Crippen LogP contribution in [0.5, 0.6) is 0 Å². The van der Waals surface area contributed by atoms with Crippen LogP contribution in [0, 0.1) is 0 Å². The highest BCUT2D eigenvalue weighted by atomic mass is 16.1. The van der Waals surface area contributed by atoms with E-state index in [1.807, 2.05) is 18.2 Å². The van der Waals surface area contributed by atoms with Crippen LogP contribution in [-0.4, -0.2) is 17.5 Å². The molecule has 0 aliphatic rings. The molecule has 0 aliphatic heterocycles. The van der Waals surface area contributed by atoms with Crippen molar-refractivity contribution in [3.63, 3.8) is 0 Å². The van der Waals surface area contributed by atoms with Crippen LogP contribution >= 0.6 is 0 Å². The van der Waals surface area contributed by atoms with Crippen molar-refractivity contribution in [3.8, 4) is 0 Å². The Morgan fingerprint density at radius 2 is 2.33 bits per heavy atom. The van der Waals surface area contributed by atoms with Crippen molar-refractivity contribution in [2.45, 2.75) is 0 Å². The van der Waals surface area contributed by atoms with Gasteiger partial charge in [-0.15, -0.1) is 0 Å². The fourth-order valence-corrected chi connectivity index (χ4v) is 0.657. The van der Waals surface area contributed by atoms with Crippen LogP contribution in [0.3, 0.4) is 0 Å². The molecule has 0 aromatic carbocycles. The van der Waals surface area contributed by atoms with E-state index in [-0.39, 0.29) is 0 Å². The maximum absolute atomic E-state index is 9.84. The largest absolute Gasteiger partial charge is 0.299 e. The van der Waals surface area contributed by atoms with Crippen molar-refractivity contribution in [1.29, 1.82) is 0 Å². The molecule has 12 heavy (non-hydrogen) atoms. The Kier molecular flexibility index (Phi) is 3.44. The molecule has 3 heteroatoms. The van der Waals surface area contributed by atoms with E-state index in [2.05, 4.69) is 9.98 Å². The summed E-state index contributed by atoms with van der Waals surface area (Å²) in [5.41, 5.74) is 0.771. The van der Waals surface area contributed by atoms with Gasteiger partial charge in [0.15, 0.2) is 0 Å².